The van der Waals surface area contributed by atoms with Gasteiger partial charge in [0.15, 0.2) is 11.2 Å². The minimum atomic E-state index is -0.764. The molecule has 5 heteroatoms. The number of hydrogen-bond donors (Lipinski definition) is 0. The van der Waals surface area contributed by atoms with Crippen molar-refractivity contribution in [3.8, 4) is 16.8 Å². The van der Waals surface area contributed by atoms with Gasteiger partial charge in [-0.25, -0.2) is 0 Å². The molecule has 1 fully saturated rings. The number of fused-ring (bicyclic) bond motifs is 22. The maximum absolute atomic E-state index is 7.35. The Morgan fingerprint density at radius 3 is 1.54 bits per heavy atom. The number of aryl methyl sites for hydroxylation is 3. The molecule has 1 aliphatic heterocycles. The Balaban J connectivity index is 0.953. The molecule has 5 nitrogen and oxygen atoms in total. The van der Waals surface area contributed by atoms with Gasteiger partial charge in [-0.15, -0.1) is 0 Å². The summed E-state index contributed by atoms with van der Waals surface area (Å²) in [6.07, 6.45) is 6.23. The zero-order valence-electron chi connectivity index (χ0n) is 49.9. The maximum Gasteiger partial charge on any atom is 0.159 e. The van der Waals surface area contributed by atoms with Crippen LogP contribution < -0.4 is 9.80 Å². The van der Waals surface area contributed by atoms with E-state index in [4.69, 9.17) is 8.83 Å². The van der Waals surface area contributed by atoms with E-state index in [0.717, 1.165) is 94.5 Å². The molecule has 1 spiro atoms. The molecule has 3 aromatic heterocycles. The first kappa shape index (κ1) is 50.5. The number of benzene rings is 13. The van der Waals surface area contributed by atoms with Crippen molar-refractivity contribution in [2.24, 2.45) is 0 Å². The van der Waals surface area contributed by atoms with E-state index in [-0.39, 0.29) is 0 Å². The van der Waals surface area contributed by atoms with E-state index in [1.165, 1.54) is 120 Å². The van der Waals surface area contributed by atoms with Gasteiger partial charge in [-0.05, 0) is 178 Å². The van der Waals surface area contributed by atoms with Crippen molar-refractivity contribution in [1.29, 1.82) is 0 Å². The van der Waals surface area contributed by atoms with Crippen molar-refractivity contribution >= 4 is 121 Å². The Kier molecular flexibility index (Phi) is 10.8. The number of hydrogen-bond acceptors (Lipinski definition) is 4. The third-order valence-corrected chi connectivity index (χ3v) is 20.6. The highest BCUT2D eigenvalue weighted by atomic mass is 16.3. The molecule has 0 unspecified atom stereocenters. The van der Waals surface area contributed by atoms with E-state index < -0.39 is 5.41 Å². The average Bonchev–Trinajstić information content (AvgIpc) is 1.52. The van der Waals surface area contributed by atoms with Gasteiger partial charge in [0.25, 0.3) is 0 Å². The van der Waals surface area contributed by atoms with E-state index in [0.29, 0.717) is 5.92 Å². The normalized spacial score (nSPS) is 14.3. The van der Waals surface area contributed by atoms with Gasteiger partial charge in [0, 0.05) is 55.1 Å². The molecule has 0 atom stereocenters. The van der Waals surface area contributed by atoms with Gasteiger partial charge in [0.1, 0.15) is 11.2 Å². The van der Waals surface area contributed by atoms with Gasteiger partial charge < -0.3 is 23.2 Å². The Labute approximate surface area is 515 Å². The summed E-state index contributed by atoms with van der Waals surface area (Å²) in [5.74, 6) is 0.494. The van der Waals surface area contributed by atoms with E-state index in [9.17, 15) is 0 Å². The molecule has 89 heavy (non-hydrogen) atoms. The van der Waals surface area contributed by atoms with Gasteiger partial charge in [0.2, 0.25) is 0 Å². The molecule has 4 heterocycles. The smallest absolute Gasteiger partial charge is 0.159 e. The molecule has 0 N–H and O–H groups in total. The highest BCUT2D eigenvalue weighted by Gasteiger charge is 2.52. The lowest BCUT2D eigenvalue weighted by Crippen LogP contribution is -2.33. The second-order valence-electron chi connectivity index (χ2n) is 25.5. The molecule has 13 aromatic carbocycles. The molecule has 0 saturated heterocycles. The molecular formula is C84H61N3O2. The van der Waals surface area contributed by atoms with Crippen LogP contribution in [0.15, 0.2) is 258 Å². The highest BCUT2D eigenvalue weighted by molar-refractivity contribution is 6.20. The summed E-state index contributed by atoms with van der Waals surface area (Å²) < 4.78 is 17.1. The van der Waals surface area contributed by atoms with Gasteiger partial charge in [-0.3, -0.25) is 0 Å². The van der Waals surface area contributed by atoms with Crippen LogP contribution in [-0.2, 0) is 5.41 Å². The molecule has 0 radical (unpaired) electrons. The van der Waals surface area contributed by atoms with E-state index in [2.05, 4.69) is 284 Å². The largest absolute Gasteiger partial charge is 0.454 e. The van der Waals surface area contributed by atoms with Crippen LogP contribution in [0.25, 0.3) is 104 Å². The lowest BCUT2D eigenvalue weighted by Gasteiger charge is -2.40. The second kappa shape index (κ2) is 18.9. The van der Waals surface area contributed by atoms with Crippen molar-refractivity contribution in [1.82, 2.24) is 4.57 Å². The summed E-state index contributed by atoms with van der Waals surface area (Å²) in [5.41, 5.74) is 25.1. The van der Waals surface area contributed by atoms with E-state index in [1.54, 1.807) is 0 Å². The zero-order valence-corrected chi connectivity index (χ0v) is 49.9. The molecule has 1 saturated carbocycles. The lowest BCUT2D eigenvalue weighted by molar-refractivity contribution is 0.442. The summed E-state index contributed by atoms with van der Waals surface area (Å²) in [5, 5.41) is 11.8. The van der Waals surface area contributed by atoms with Crippen LogP contribution in [0.2, 0.25) is 0 Å². The third kappa shape index (κ3) is 7.07. The van der Waals surface area contributed by atoms with E-state index in [1.807, 2.05) is 0 Å². The lowest BCUT2D eigenvalue weighted by atomic mass is 9.65. The first-order valence-electron chi connectivity index (χ1n) is 31.7. The van der Waals surface area contributed by atoms with E-state index >= 15 is 0 Å². The summed E-state index contributed by atoms with van der Waals surface area (Å²) in [6, 6.07) is 93.9. The Bertz CT molecular complexity index is 5570. The van der Waals surface area contributed by atoms with Crippen LogP contribution in [-0.4, -0.2) is 4.57 Å². The predicted molar refractivity (Wildman–Crippen MR) is 371 cm³/mol. The standard InChI is InChI=1S/C84H61N3O2/c1-50-33-39-56(40-34-50)85(75-31-16-28-66-64-26-14-24-62(81(64)89-83(66)75)53-18-5-4-6-19-53)58-43-46-73-67(47-58)68-48-59(86(57-41-35-51(2)36-42-57)76-32-15-27-65-63-25-13-17-52(3)80(63)88-82(65)76)49-72-79(68)87(73)74-30-12-11-29-69(74)84(72)70-44-37-54-20-7-9-22-60(54)77(70)78-61-23-10-8-21-55(61)38-45-71(78)84/h7-17,20-49,53H,4-6,18-19H2,1-3H3. The van der Waals surface area contributed by atoms with Gasteiger partial charge in [0.05, 0.1) is 33.5 Å². The molecule has 2 aliphatic carbocycles. The summed E-state index contributed by atoms with van der Waals surface area (Å²) in [6.45, 7) is 6.49. The number of anilines is 6. The predicted octanol–water partition coefficient (Wildman–Crippen LogP) is 23.5. The van der Waals surface area contributed by atoms with Crippen molar-refractivity contribution in [2.45, 2.75) is 64.2 Å². The zero-order chi connectivity index (χ0) is 58.8. The van der Waals surface area contributed by atoms with Gasteiger partial charge >= 0.3 is 0 Å². The summed E-state index contributed by atoms with van der Waals surface area (Å²) >= 11 is 0. The minimum Gasteiger partial charge on any atom is -0.454 e. The fourth-order valence-corrected chi connectivity index (χ4v) is 16.6. The topological polar surface area (TPSA) is 37.7 Å². The van der Waals surface area contributed by atoms with Crippen LogP contribution in [0.1, 0.15) is 82.5 Å². The van der Waals surface area contributed by atoms with Crippen LogP contribution >= 0.6 is 0 Å². The van der Waals surface area contributed by atoms with Crippen molar-refractivity contribution in [2.75, 3.05) is 9.80 Å². The first-order valence-corrected chi connectivity index (χ1v) is 31.7. The number of para-hydroxylation sites is 5. The van der Waals surface area contributed by atoms with Crippen molar-refractivity contribution in [3.05, 3.63) is 293 Å². The molecule has 424 valence electrons. The second-order valence-corrected chi connectivity index (χ2v) is 25.5. The van der Waals surface area contributed by atoms with Crippen LogP contribution in [0, 0.1) is 20.8 Å². The molecule has 19 rings (SSSR count). The summed E-state index contributed by atoms with van der Waals surface area (Å²) in [4.78, 5) is 4.91. The molecule has 0 bridgehead atoms. The van der Waals surface area contributed by atoms with Crippen LogP contribution in [0.3, 0.4) is 0 Å². The van der Waals surface area contributed by atoms with Gasteiger partial charge in [-0.2, -0.15) is 0 Å². The number of rotatable bonds is 7. The fraction of sp³-hybridized carbons (Fsp3) is 0.119. The molecule has 3 aliphatic rings. The quantitative estimate of drug-likeness (QED) is 0.159. The molecule has 0 amide bonds. The maximum atomic E-state index is 7.35. The summed E-state index contributed by atoms with van der Waals surface area (Å²) in [7, 11) is 0. The molecular weight excluding hydrogens is 1080 g/mol. The fourth-order valence-electron chi connectivity index (χ4n) is 16.6. The monoisotopic (exact) mass is 1140 g/mol. The van der Waals surface area contributed by atoms with Crippen molar-refractivity contribution < 1.29 is 8.83 Å². The molecule has 16 aromatic rings. The number of aromatic nitrogens is 1. The van der Waals surface area contributed by atoms with Gasteiger partial charge in [-0.1, -0.05) is 206 Å². The average molecular weight is 1140 g/mol. The minimum absolute atomic E-state index is 0.494. The number of nitrogens with zero attached hydrogens (tertiary/aromatic N) is 3. The Morgan fingerprint density at radius 1 is 0.371 bits per heavy atom. The highest BCUT2D eigenvalue weighted by Crippen LogP contribution is 2.64. The third-order valence-electron chi connectivity index (χ3n) is 20.6. The Hall–Kier alpha value is -10.6. The van der Waals surface area contributed by atoms with Crippen LogP contribution in [0.4, 0.5) is 34.1 Å². The number of furan rings is 2. The van der Waals surface area contributed by atoms with Crippen LogP contribution in [0.5, 0.6) is 0 Å². The first-order chi connectivity index (χ1) is 43.9. The van der Waals surface area contributed by atoms with Crippen molar-refractivity contribution in [3.63, 3.8) is 0 Å². The SMILES string of the molecule is Cc1ccc(N(c2cc3c4c(c2)c2cc(N(c5ccc(C)cc5)c5cccc6c5oc5c(C7CCCCC7)cccc56)ccc2n4-c2ccccc2C32c3ccc4ccccc4c3-c3c2ccc2ccccc32)c2cccc3c2oc2c(C)cccc23)cc1. The Morgan fingerprint density at radius 2 is 0.888 bits per heavy atom.